The molecule has 1 aromatic rings. The van der Waals surface area contributed by atoms with Crippen LogP contribution in [0, 0.1) is 0 Å². The highest BCUT2D eigenvalue weighted by atomic mass is 35.5. The van der Waals surface area contributed by atoms with E-state index in [4.69, 9.17) is 22.1 Å². The van der Waals surface area contributed by atoms with E-state index in [9.17, 15) is 28.2 Å². The second kappa shape index (κ2) is 8.58. The largest absolute Gasteiger partial charge is 0.489 e. The van der Waals surface area contributed by atoms with Crippen molar-refractivity contribution in [1.29, 1.82) is 0 Å². The molecular formula is C18H24ClN3O7S. The number of benzene rings is 1. The second-order valence-corrected chi connectivity index (χ2v) is 9.98. The van der Waals surface area contributed by atoms with Gasteiger partial charge in [-0.2, -0.15) is 0 Å². The van der Waals surface area contributed by atoms with E-state index in [1.807, 2.05) is 0 Å². The quantitative estimate of drug-likeness (QED) is 0.577. The van der Waals surface area contributed by atoms with Crippen molar-refractivity contribution in [3.05, 3.63) is 29.3 Å². The van der Waals surface area contributed by atoms with Gasteiger partial charge >= 0.3 is 12.0 Å². The van der Waals surface area contributed by atoms with Crippen LogP contribution in [0.15, 0.2) is 24.3 Å². The van der Waals surface area contributed by atoms with Crippen molar-refractivity contribution in [2.75, 3.05) is 26.2 Å². The maximum Gasteiger partial charge on any atom is 0.339 e. The normalized spacial score (nSPS) is 26.3. The fraction of sp³-hybridized carbons (Fsp3) is 0.556. The molecule has 2 amide bonds. The first-order chi connectivity index (χ1) is 14.1. The van der Waals surface area contributed by atoms with E-state index in [0.29, 0.717) is 23.6 Å². The molecule has 0 radical (unpaired) electrons. The fourth-order valence-corrected chi connectivity index (χ4v) is 6.21. The van der Waals surface area contributed by atoms with E-state index in [0.717, 1.165) is 4.90 Å². The van der Waals surface area contributed by atoms with E-state index < -0.39 is 39.4 Å². The molecule has 2 aliphatic heterocycles. The van der Waals surface area contributed by atoms with Crippen molar-refractivity contribution in [2.45, 2.75) is 36.2 Å². The molecule has 2 fully saturated rings. The lowest BCUT2D eigenvalue weighted by Gasteiger charge is -2.43. The van der Waals surface area contributed by atoms with Gasteiger partial charge in [-0.25, -0.2) is 22.3 Å². The van der Waals surface area contributed by atoms with Crippen LogP contribution in [0.1, 0.15) is 19.3 Å². The Balaban J connectivity index is 1.70. The van der Waals surface area contributed by atoms with Crippen LogP contribution in [0.4, 0.5) is 4.79 Å². The number of urea groups is 1. The van der Waals surface area contributed by atoms with Crippen molar-refractivity contribution >= 4 is 33.6 Å². The summed E-state index contributed by atoms with van der Waals surface area (Å²) in [6.07, 6.45) is 0.294. The number of carboxylic acid groups (broad SMARTS) is 1. The van der Waals surface area contributed by atoms with Gasteiger partial charge in [-0.3, -0.25) is 0 Å². The molecule has 4 N–H and O–H groups in total. The predicted molar refractivity (Wildman–Crippen MR) is 108 cm³/mol. The first kappa shape index (κ1) is 22.6. The molecule has 2 atom stereocenters. The number of primary amides is 1. The Morgan fingerprint density at radius 2 is 1.80 bits per heavy atom. The number of carboxylic acids is 1. The molecule has 2 saturated heterocycles. The molecule has 10 nitrogen and oxygen atoms in total. The summed E-state index contributed by atoms with van der Waals surface area (Å²) in [6.45, 7) is -0.513. The minimum Gasteiger partial charge on any atom is -0.489 e. The number of aliphatic carboxylic acids is 1. The van der Waals surface area contributed by atoms with Crippen LogP contribution in [0.3, 0.4) is 0 Å². The average Bonchev–Trinajstić information content (AvgIpc) is 2.69. The van der Waals surface area contributed by atoms with Crippen LogP contribution in [0.2, 0.25) is 5.02 Å². The molecular weight excluding hydrogens is 438 g/mol. The summed E-state index contributed by atoms with van der Waals surface area (Å²) < 4.78 is 33.4. The van der Waals surface area contributed by atoms with Gasteiger partial charge in [-0.05, 0) is 31.4 Å². The maximum absolute atomic E-state index is 13.2. The second-order valence-electron chi connectivity index (χ2n) is 7.46. The van der Waals surface area contributed by atoms with Gasteiger partial charge in [0.05, 0.1) is 11.6 Å². The van der Waals surface area contributed by atoms with Gasteiger partial charge in [0, 0.05) is 19.6 Å². The van der Waals surface area contributed by atoms with Crippen LogP contribution < -0.4 is 10.5 Å². The number of carbonyl (C=O) groups is 2. The highest BCUT2D eigenvalue weighted by molar-refractivity contribution is 7.89. The molecule has 0 aliphatic carbocycles. The number of rotatable bonds is 5. The Morgan fingerprint density at radius 3 is 2.37 bits per heavy atom. The number of piperidine rings is 2. The zero-order valence-corrected chi connectivity index (χ0v) is 17.7. The van der Waals surface area contributed by atoms with E-state index in [1.165, 1.54) is 4.31 Å². The third-order valence-electron chi connectivity index (χ3n) is 5.56. The summed E-state index contributed by atoms with van der Waals surface area (Å²) in [5.41, 5.74) is 2.53. The van der Waals surface area contributed by atoms with E-state index in [1.54, 1.807) is 24.3 Å². The van der Waals surface area contributed by atoms with Crippen LogP contribution in [-0.4, -0.2) is 83.0 Å². The number of nitrogens with two attached hydrogens (primary N) is 1. The minimum atomic E-state index is -4.15. The summed E-state index contributed by atoms with van der Waals surface area (Å²) in [7, 11) is -4.15. The molecule has 0 spiro atoms. The van der Waals surface area contributed by atoms with Crippen LogP contribution in [0.25, 0.3) is 0 Å². The zero-order chi connectivity index (χ0) is 22.1. The van der Waals surface area contributed by atoms with Gasteiger partial charge in [0.1, 0.15) is 17.1 Å². The predicted octanol–water partition coefficient (Wildman–Crippen LogP) is 0.482. The average molecular weight is 462 g/mol. The summed E-state index contributed by atoms with van der Waals surface area (Å²) in [5, 5.41) is 19.1. The molecule has 3 rings (SSSR count). The number of carbonyl (C=O) groups excluding carboxylic acids is 1. The number of nitrogens with zero attached hydrogens (tertiary/aromatic N) is 2. The number of hydrogen-bond acceptors (Lipinski definition) is 6. The van der Waals surface area contributed by atoms with Crippen molar-refractivity contribution in [3.8, 4) is 5.75 Å². The number of amides is 2. The smallest absolute Gasteiger partial charge is 0.339 e. The van der Waals surface area contributed by atoms with E-state index in [-0.39, 0.29) is 32.2 Å². The lowest BCUT2D eigenvalue weighted by Crippen LogP contribution is -2.67. The standard InChI is InChI=1S/C18H24ClN3O7S/c19-13-3-1-2-4-14(13)29-12-5-9-22(10-6-12)30(27,28)15-7-8-21(17(20)25)11-18(15,26)16(23)24/h1-4,12,15,26H,5-11H2,(H2,20,25)(H,23,24). The first-order valence-electron chi connectivity index (χ1n) is 9.46. The highest BCUT2D eigenvalue weighted by Gasteiger charge is 2.56. The molecule has 0 bridgehead atoms. The van der Waals surface area contributed by atoms with Gasteiger partial charge < -0.3 is 25.6 Å². The van der Waals surface area contributed by atoms with Gasteiger partial charge in [0.25, 0.3) is 0 Å². The highest BCUT2D eigenvalue weighted by Crippen LogP contribution is 2.32. The molecule has 2 aliphatic rings. The first-order valence-corrected chi connectivity index (χ1v) is 11.3. The Kier molecular flexibility index (Phi) is 6.46. The molecule has 12 heteroatoms. The number of halogens is 1. The Hall–Kier alpha value is -2.08. The van der Waals surface area contributed by atoms with Gasteiger partial charge in [0.2, 0.25) is 10.0 Å². The van der Waals surface area contributed by atoms with Crippen molar-refractivity contribution < 1.29 is 33.0 Å². The monoisotopic (exact) mass is 461 g/mol. The number of para-hydroxylation sites is 1. The number of β-amino-alcohol motifs (C(OH)–C–C–N with tert-alkyl or cyclic N) is 1. The number of hydrogen-bond donors (Lipinski definition) is 3. The Bertz CT molecular complexity index is 920. The molecule has 0 saturated carbocycles. The molecule has 2 heterocycles. The summed E-state index contributed by atoms with van der Waals surface area (Å²) in [4.78, 5) is 24.1. The summed E-state index contributed by atoms with van der Waals surface area (Å²) >= 11 is 6.09. The molecule has 30 heavy (non-hydrogen) atoms. The molecule has 2 unspecified atom stereocenters. The van der Waals surface area contributed by atoms with E-state index >= 15 is 0 Å². The fourth-order valence-electron chi connectivity index (χ4n) is 3.88. The lowest BCUT2D eigenvalue weighted by molar-refractivity contribution is -0.162. The number of likely N-dealkylation sites (tertiary alicyclic amines) is 1. The Morgan fingerprint density at radius 1 is 1.17 bits per heavy atom. The van der Waals surface area contributed by atoms with Crippen molar-refractivity contribution in [1.82, 2.24) is 9.21 Å². The SMILES string of the molecule is NC(=O)N1CCC(S(=O)(=O)N2CCC(Oc3ccccc3Cl)CC2)C(O)(C(=O)O)C1. The molecule has 0 aromatic heterocycles. The topological polar surface area (TPSA) is 150 Å². The third-order valence-corrected chi connectivity index (χ3v) is 8.30. The maximum atomic E-state index is 13.2. The minimum absolute atomic E-state index is 0.0547. The van der Waals surface area contributed by atoms with Crippen LogP contribution >= 0.6 is 11.6 Å². The van der Waals surface area contributed by atoms with Crippen molar-refractivity contribution in [2.24, 2.45) is 5.73 Å². The van der Waals surface area contributed by atoms with Gasteiger partial charge in [-0.15, -0.1) is 0 Å². The van der Waals surface area contributed by atoms with Gasteiger partial charge in [-0.1, -0.05) is 23.7 Å². The summed E-state index contributed by atoms with van der Waals surface area (Å²) in [6, 6.07) is 6.07. The number of sulfonamides is 1. The lowest BCUT2D eigenvalue weighted by atomic mass is 9.92. The Labute approximate surface area is 179 Å². The van der Waals surface area contributed by atoms with Crippen LogP contribution in [-0.2, 0) is 14.8 Å². The number of aliphatic hydroxyl groups is 1. The molecule has 1 aromatic carbocycles. The van der Waals surface area contributed by atoms with Crippen molar-refractivity contribution in [3.63, 3.8) is 0 Å². The van der Waals surface area contributed by atoms with E-state index in [2.05, 4.69) is 0 Å². The van der Waals surface area contributed by atoms with Crippen LogP contribution in [0.5, 0.6) is 5.75 Å². The molecule has 166 valence electrons. The van der Waals surface area contributed by atoms with Gasteiger partial charge in [0.15, 0.2) is 5.60 Å². The number of ether oxygens (including phenoxy) is 1. The zero-order valence-electron chi connectivity index (χ0n) is 16.1. The third kappa shape index (κ3) is 4.34. The summed E-state index contributed by atoms with van der Waals surface area (Å²) in [5.74, 6) is -1.20.